The maximum atomic E-state index is 9.68. The molecule has 0 bridgehead atoms. The van der Waals surface area contributed by atoms with Crippen molar-refractivity contribution < 1.29 is 9.94 Å². The summed E-state index contributed by atoms with van der Waals surface area (Å²) in [5.41, 5.74) is 0.842. The molecule has 3 rings (SSSR count). The van der Waals surface area contributed by atoms with Gasteiger partial charge in [0.05, 0.1) is 5.52 Å². The quantitative estimate of drug-likeness (QED) is 0.726. The van der Waals surface area contributed by atoms with Crippen molar-refractivity contribution in [2.24, 2.45) is 0 Å². The molecule has 0 atom stereocenters. The minimum atomic E-state index is 0.262. The second-order valence-corrected chi connectivity index (χ2v) is 3.76. The van der Waals surface area contributed by atoms with Crippen molar-refractivity contribution in [3.63, 3.8) is 0 Å². The zero-order valence-electron chi connectivity index (χ0n) is 9.08. The summed E-state index contributed by atoms with van der Waals surface area (Å²) in [5, 5.41) is 10.5. The summed E-state index contributed by atoms with van der Waals surface area (Å²) < 4.78 is 1.64. The Morgan fingerprint density at radius 1 is 0.882 bits per heavy atom. The van der Waals surface area contributed by atoms with Gasteiger partial charge in [-0.1, -0.05) is 24.3 Å². The van der Waals surface area contributed by atoms with Crippen molar-refractivity contribution in [2.75, 3.05) is 0 Å². The molecule has 1 heterocycles. The Morgan fingerprint density at radius 3 is 2.53 bits per heavy atom. The molecule has 0 radical (unpaired) electrons. The SMILES string of the molecule is Oc1cccc2c1ccn2Oc1ccccc1. The van der Waals surface area contributed by atoms with Gasteiger partial charge in [-0.3, -0.25) is 0 Å². The van der Waals surface area contributed by atoms with E-state index in [9.17, 15) is 5.11 Å². The first kappa shape index (κ1) is 9.78. The van der Waals surface area contributed by atoms with Crippen LogP contribution in [-0.4, -0.2) is 9.84 Å². The molecule has 3 nitrogen and oxygen atoms in total. The van der Waals surface area contributed by atoms with E-state index in [0.717, 1.165) is 16.7 Å². The Bertz CT molecular complexity index is 644. The molecule has 17 heavy (non-hydrogen) atoms. The number of para-hydroxylation sites is 1. The van der Waals surface area contributed by atoms with Crippen LogP contribution in [0, 0.1) is 0 Å². The standard InChI is InChI=1S/C14H11NO2/c16-14-8-4-7-13-12(14)9-10-15(13)17-11-5-2-1-3-6-11/h1-10,16H. The van der Waals surface area contributed by atoms with Crippen LogP contribution in [0.3, 0.4) is 0 Å². The number of phenols is 1. The summed E-state index contributed by atoms with van der Waals surface area (Å²) in [7, 11) is 0. The third kappa shape index (κ3) is 1.72. The van der Waals surface area contributed by atoms with Crippen molar-refractivity contribution >= 4 is 10.9 Å². The molecule has 1 N–H and O–H groups in total. The predicted molar refractivity (Wildman–Crippen MR) is 66.1 cm³/mol. The minimum absolute atomic E-state index is 0.262. The molecule has 0 saturated heterocycles. The molecule has 1 aromatic heterocycles. The Morgan fingerprint density at radius 2 is 1.71 bits per heavy atom. The summed E-state index contributed by atoms with van der Waals surface area (Å²) in [6.45, 7) is 0. The van der Waals surface area contributed by atoms with Gasteiger partial charge in [0.15, 0.2) is 5.75 Å². The van der Waals surface area contributed by atoms with E-state index in [-0.39, 0.29) is 5.75 Å². The molecule has 0 fully saturated rings. The fraction of sp³-hybridized carbons (Fsp3) is 0. The van der Waals surface area contributed by atoms with Crippen LogP contribution in [0.1, 0.15) is 0 Å². The topological polar surface area (TPSA) is 34.4 Å². The number of nitrogens with zero attached hydrogens (tertiary/aromatic N) is 1. The van der Waals surface area contributed by atoms with Gasteiger partial charge >= 0.3 is 0 Å². The van der Waals surface area contributed by atoms with Crippen LogP contribution in [-0.2, 0) is 0 Å². The first-order valence-electron chi connectivity index (χ1n) is 5.37. The number of benzene rings is 2. The molecule has 3 aromatic rings. The van der Waals surface area contributed by atoms with E-state index in [0.29, 0.717) is 0 Å². The van der Waals surface area contributed by atoms with Crippen LogP contribution in [0.2, 0.25) is 0 Å². The van der Waals surface area contributed by atoms with Gasteiger partial charge in [0, 0.05) is 11.6 Å². The molecule has 0 spiro atoms. The van der Waals surface area contributed by atoms with Crippen LogP contribution in [0.5, 0.6) is 11.5 Å². The van der Waals surface area contributed by atoms with Crippen LogP contribution in [0.4, 0.5) is 0 Å². The smallest absolute Gasteiger partial charge is 0.155 e. The lowest BCUT2D eigenvalue weighted by atomic mass is 10.2. The van der Waals surface area contributed by atoms with E-state index >= 15 is 0 Å². The molecule has 0 aliphatic rings. The van der Waals surface area contributed by atoms with E-state index in [1.165, 1.54) is 0 Å². The van der Waals surface area contributed by atoms with E-state index in [2.05, 4.69) is 0 Å². The van der Waals surface area contributed by atoms with Crippen molar-refractivity contribution in [2.45, 2.75) is 0 Å². The zero-order chi connectivity index (χ0) is 11.7. The zero-order valence-corrected chi connectivity index (χ0v) is 9.08. The number of fused-ring (bicyclic) bond motifs is 1. The summed E-state index contributed by atoms with van der Waals surface area (Å²) in [4.78, 5) is 5.69. The summed E-state index contributed by atoms with van der Waals surface area (Å²) in [6, 6.07) is 16.7. The summed E-state index contributed by atoms with van der Waals surface area (Å²) >= 11 is 0. The van der Waals surface area contributed by atoms with E-state index in [4.69, 9.17) is 4.84 Å². The highest BCUT2D eigenvalue weighted by atomic mass is 16.7. The van der Waals surface area contributed by atoms with Crippen molar-refractivity contribution in [3.8, 4) is 11.5 Å². The van der Waals surface area contributed by atoms with Gasteiger partial charge < -0.3 is 9.94 Å². The minimum Gasteiger partial charge on any atom is -0.507 e. The lowest BCUT2D eigenvalue weighted by Crippen LogP contribution is -2.02. The molecule has 0 saturated carbocycles. The van der Waals surface area contributed by atoms with Crippen molar-refractivity contribution in [3.05, 3.63) is 60.8 Å². The monoisotopic (exact) mass is 225 g/mol. The van der Waals surface area contributed by atoms with Gasteiger partial charge in [-0.15, -0.1) is 0 Å². The normalized spacial score (nSPS) is 10.6. The third-order valence-corrected chi connectivity index (χ3v) is 2.62. The molecule has 2 aromatic carbocycles. The van der Waals surface area contributed by atoms with E-state index in [1.54, 1.807) is 23.1 Å². The predicted octanol–water partition coefficient (Wildman–Crippen LogP) is 3.19. The largest absolute Gasteiger partial charge is 0.507 e. The number of hydrogen-bond acceptors (Lipinski definition) is 2. The van der Waals surface area contributed by atoms with Crippen LogP contribution < -0.4 is 4.84 Å². The second kappa shape index (κ2) is 3.87. The van der Waals surface area contributed by atoms with Gasteiger partial charge in [-0.25, -0.2) is 0 Å². The molecule has 0 unspecified atom stereocenters. The molecular weight excluding hydrogens is 214 g/mol. The average Bonchev–Trinajstić information content (AvgIpc) is 2.76. The molecule has 3 heteroatoms. The van der Waals surface area contributed by atoms with Crippen molar-refractivity contribution in [1.29, 1.82) is 0 Å². The lowest BCUT2D eigenvalue weighted by molar-refractivity contribution is 0.229. The van der Waals surface area contributed by atoms with Gasteiger partial charge in [0.25, 0.3) is 0 Å². The molecule has 84 valence electrons. The fourth-order valence-electron chi connectivity index (χ4n) is 1.80. The maximum absolute atomic E-state index is 9.68. The molecule has 0 aliphatic carbocycles. The highest BCUT2D eigenvalue weighted by molar-refractivity contribution is 5.85. The van der Waals surface area contributed by atoms with Crippen LogP contribution in [0.15, 0.2) is 60.8 Å². The van der Waals surface area contributed by atoms with Gasteiger partial charge in [-0.05, 0) is 30.3 Å². The molecule has 0 aliphatic heterocycles. The van der Waals surface area contributed by atoms with Gasteiger partial charge in [-0.2, -0.15) is 4.73 Å². The number of rotatable bonds is 2. The van der Waals surface area contributed by atoms with Crippen LogP contribution in [0.25, 0.3) is 10.9 Å². The van der Waals surface area contributed by atoms with Gasteiger partial charge in [0.1, 0.15) is 5.75 Å². The molecular formula is C14H11NO2. The summed E-state index contributed by atoms with van der Waals surface area (Å²) in [6.07, 6.45) is 1.79. The molecule has 0 amide bonds. The Kier molecular flexibility index (Phi) is 2.22. The van der Waals surface area contributed by atoms with Gasteiger partial charge in [0.2, 0.25) is 0 Å². The second-order valence-electron chi connectivity index (χ2n) is 3.76. The first-order valence-corrected chi connectivity index (χ1v) is 5.37. The Balaban J connectivity index is 2.05. The number of phenolic OH excluding ortho intramolecular Hbond substituents is 1. The average molecular weight is 225 g/mol. The summed E-state index contributed by atoms with van der Waals surface area (Å²) in [5.74, 6) is 1.02. The highest BCUT2D eigenvalue weighted by Crippen LogP contribution is 2.25. The lowest BCUT2D eigenvalue weighted by Gasteiger charge is -2.07. The fourth-order valence-corrected chi connectivity index (χ4v) is 1.80. The first-order chi connectivity index (χ1) is 8.34. The Hall–Kier alpha value is -2.42. The number of hydrogen-bond donors (Lipinski definition) is 1. The third-order valence-electron chi connectivity index (χ3n) is 2.62. The Labute approximate surface area is 98.5 Å². The highest BCUT2D eigenvalue weighted by Gasteiger charge is 2.05. The van der Waals surface area contributed by atoms with Crippen molar-refractivity contribution in [1.82, 2.24) is 4.73 Å². The van der Waals surface area contributed by atoms with Crippen LogP contribution >= 0.6 is 0 Å². The number of aromatic hydroxyl groups is 1. The van der Waals surface area contributed by atoms with E-state index in [1.807, 2.05) is 42.5 Å². The van der Waals surface area contributed by atoms with E-state index < -0.39 is 0 Å². The number of aromatic nitrogens is 1. The maximum Gasteiger partial charge on any atom is 0.155 e.